The van der Waals surface area contributed by atoms with Crippen LogP contribution in [0.25, 0.3) is 28.1 Å². The van der Waals surface area contributed by atoms with Gasteiger partial charge in [0.25, 0.3) is 0 Å². The molecule has 0 spiro atoms. The highest BCUT2D eigenvalue weighted by atomic mass is 35.5. The average Bonchev–Trinajstić information content (AvgIpc) is 3.69. The fourth-order valence-corrected chi connectivity index (χ4v) is 6.46. The molecule has 1 aliphatic heterocycles. The summed E-state index contributed by atoms with van der Waals surface area (Å²) in [6.45, 7) is 2.81. The molecule has 0 aliphatic carbocycles. The molecule has 0 radical (unpaired) electrons. The van der Waals surface area contributed by atoms with Crippen molar-refractivity contribution in [2.24, 2.45) is 0 Å². The Hall–Kier alpha value is -4.48. The number of rotatable bonds is 8. The van der Waals surface area contributed by atoms with Gasteiger partial charge in [0.05, 0.1) is 24.5 Å². The van der Waals surface area contributed by atoms with Crippen LogP contribution in [0.4, 0.5) is 26.3 Å². The third kappa shape index (κ3) is 6.69. The first-order chi connectivity index (χ1) is 24.1. The van der Waals surface area contributed by atoms with Crippen LogP contribution in [0.15, 0.2) is 60.8 Å². The van der Waals surface area contributed by atoms with Crippen molar-refractivity contribution in [2.45, 2.75) is 56.6 Å². The number of nitrogens with zero attached hydrogens (tertiary/aromatic N) is 5. The number of hydrogen-bond donors (Lipinski definition) is 2. The van der Waals surface area contributed by atoms with Gasteiger partial charge in [-0.25, -0.2) is 22.8 Å². The van der Waals surface area contributed by atoms with E-state index in [2.05, 4.69) is 10.1 Å². The maximum atomic E-state index is 14.6. The Balaban J connectivity index is 1.56. The number of aliphatic hydroxyl groups excluding tert-OH is 2. The van der Waals surface area contributed by atoms with Crippen molar-refractivity contribution in [2.75, 3.05) is 14.2 Å². The number of para-hydroxylation sites is 1. The molecule has 6 rings (SSSR count). The van der Waals surface area contributed by atoms with Gasteiger partial charge in [-0.1, -0.05) is 23.7 Å². The molecular formula is C34H30ClF6N5O5. The summed E-state index contributed by atoms with van der Waals surface area (Å²) >= 11 is 6.12. The van der Waals surface area contributed by atoms with Gasteiger partial charge >= 0.3 is 6.18 Å². The van der Waals surface area contributed by atoms with Crippen LogP contribution in [0.3, 0.4) is 0 Å². The van der Waals surface area contributed by atoms with Crippen LogP contribution in [0.1, 0.15) is 36.3 Å². The molecular weight excluding hydrogens is 708 g/mol. The van der Waals surface area contributed by atoms with Crippen LogP contribution in [0.2, 0.25) is 5.02 Å². The molecule has 0 bridgehead atoms. The third-order valence-corrected chi connectivity index (χ3v) is 8.79. The smallest absolute Gasteiger partial charge is 0.418 e. The topological polar surface area (TPSA) is 117 Å². The molecule has 1 fully saturated rings. The largest absolute Gasteiger partial charge is 0.496 e. The van der Waals surface area contributed by atoms with E-state index >= 15 is 0 Å². The van der Waals surface area contributed by atoms with Crippen LogP contribution in [-0.4, -0.2) is 73.4 Å². The Morgan fingerprint density at radius 2 is 1.67 bits per heavy atom. The van der Waals surface area contributed by atoms with Crippen LogP contribution >= 0.6 is 11.6 Å². The molecule has 10 nitrogen and oxygen atoms in total. The minimum atomic E-state index is -4.84. The number of aryl methyl sites for hydroxylation is 1. The minimum Gasteiger partial charge on any atom is -0.496 e. The van der Waals surface area contributed by atoms with Gasteiger partial charge in [-0.05, 0) is 61.9 Å². The Morgan fingerprint density at radius 3 is 2.29 bits per heavy atom. The van der Waals surface area contributed by atoms with Crippen molar-refractivity contribution in [3.8, 4) is 33.8 Å². The van der Waals surface area contributed by atoms with Gasteiger partial charge in [-0.2, -0.15) is 23.4 Å². The van der Waals surface area contributed by atoms with Crippen molar-refractivity contribution in [1.29, 1.82) is 0 Å². The van der Waals surface area contributed by atoms with Crippen molar-refractivity contribution < 1.29 is 50.8 Å². The molecule has 3 unspecified atom stereocenters. The summed E-state index contributed by atoms with van der Waals surface area (Å²) in [4.78, 5) is 4.32. The molecule has 2 N–H and O–H groups in total. The third-order valence-electron chi connectivity index (χ3n) is 8.55. The first kappa shape index (κ1) is 36.3. The van der Waals surface area contributed by atoms with E-state index in [1.807, 2.05) is 0 Å². The van der Waals surface area contributed by atoms with Gasteiger partial charge in [-0.3, -0.25) is 4.68 Å². The number of alkyl halides is 3. The Morgan fingerprint density at radius 1 is 0.980 bits per heavy atom. The first-order valence-electron chi connectivity index (χ1n) is 15.4. The second-order valence-corrected chi connectivity index (χ2v) is 12.3. The number of ether oxygens (including phenoxy) is 3. The average molecular weight is 738 g/mol. The van der Waals surface area contributed by atoms with Gasteiger partial charge in [-0.15, -0.1) is 0 Å². The molecule has 51 heavy (non-hydrogen) atoms. The van der Waals surface area contributed by atoms with Crippen LogP contribution in [-0.2, 0) is 15.7 Å². The number of aromatic nitrogens is 5. The molecule has 1 aliphatic rings. The maximum absolute atomic E-state index is 14.6. The summed E-state index contributed by atoms with van der Waals surface area (Å²) in [5, 5.41) is 31.8. The first-order valence-corrected chi connectivity index (χ1v) is 15.7. The molecule has 3 aromatic carbocycles. The predicted octanol–water partition coefficient (Wildman–Crippen LogP) is 6.64. The number of benzene rings is 3. The van der Waals surface area contributed by atoms with E-state index < -0.39 is 71.4 Å². The zero-order chi connectivity index (χ0) is 36.9. The second-order valence-electron chi connectivity index (χ2n) is 11.9. The van der Waals surface area contributed by atoms with Gasteiger partial charge < -0.3 is 24.4 Å². The summed E-state index contributed by atoms with van der Waals surface area (Å²) in [5.74, 6) is -4.54. The summed E-state index contributed by atoms with van der Waals surface area (Å²) in [7, 11) is 2.68. The van der Waals surface area contributed by atoms with Crippen molar-refractivity contribution in [1.82, 2.24) is 24.5 Å². The minimum absolute atomic E-state index is 0.0214. The van der Waals surface area contributed by atoms with Crippen molar-refractivity contribution >= 4 is 11.6 Å². The zero-order valence-corrected chi connectivity index (χ0v) is 28.0. The molecule has 1 saturated heterocycles. The predicted molar refractivity (Wildman–Crippen MR) is 171 cm³/mol. The fourth-order valence-electron chi connectivity index (χ4n) is 6.30. The summed E-state index contributed by atoms with van der Waals surface area (Å²) in [6.07, 6.45) is -10.5. The second kappa shape index (κ2) is 13.9. The molecule has 17 heteroatoms. The Kier molecular flexibility index (Phi) is 9.91. The maximum Gasteiger partial charge on any atom is 0.418 e. The van der Waals surface area contributed by atoms with E-state index in [0.29, 0.717) is 11.3 Å². The zero-order valence-electron chi connectivity index (χ0n) is 27.2. The molecule has 270 valence electrons. The van der Waals surface area contributed by atoms with E-state index in [1.54, 1.807) is 24.3 Å². The van der Waals surface area contributed by atoms with Crippen molar-refractivity contribution in [3.63, 3.8) is 0 Å². The summed E-state index contributed by atoms with van der Waals surface area (Å²) in [5.41, 5.74) is -1.17. The highest BCUT2D eigenvalue weighted by Gasteiger charge is 2.51. The monoisotopic (exact) mass is 737 g/mol. The Bertz CT molecular complexity index is 2050. The highest BCUT2D eigenvalue weighted by molar-refractivity contribution is 6.30. The number of methoxy groups -OCH3 is 2. The lowest BCUT2D eigenvalue weighted by Crippen LogP contribution is -2.56. The molecule has 0 saturated carbocycles. The van der Waals surface area contributed by atoms with E-state index in [1.165, 1.54) is 38.9 Å². The SMILES string of the molecule is COc1ccccc1-c1nn(C2[C@@H](OC)C(C(C)O)O[C@@H](c3nc(C)nn3-c3cc(Cl)ccc3C(F)(F)F)[C@H]2O)cc1-c1cc(F)c(F)c(F)c1. The summed E-state index contributed by atoms with van der Waals surface area (Å²) < 4.78 is 105. The number of halogens is 7. The molecule has 3 heterocycles. The van der Waals surface area contributed by atoms with E-state index in [0.717, 1.165) is 35.0 Å². The standard InChI is InChI=1S/C34H30ClF6N5O5/c1-15(47)30-31(50-4)28(29(48)32(51-30)33-42-16(2)43-46(33)24-13-18(35)9-10-21(24)34(39,40)41)45-14-20(17-11-22(36)26(38)23(37)12-17)27(44-45)19-7-5-6-8-25(19)49-3/h5-15,28-32,47-48H,1-4H3/t15?,28?,29-,30?,31+,32+/m0/s1. The van der Waals surface area contributed by atoms with Gasteiger partial charge in [0.1, 0.15) is 47.7 Å². The molecule has 2 aromatic heterocycles. The van der Waals surface area contributed by atoms with E-state index in [9.17, 15) is 36.6 Å². The lowest BCUT2D eigenvalue weighted by atomic mass is 9.89. The Labute approximate surface area is 291 Å². The van der Waals surface area contributed by atoms with Crippen molar-refractivity contribution in [3.05, 3.63) is 100 Å². The van der Waals surface area contributed by atoms with E-state index in [-0.39, 0.29) is 33.5 Å². The lowest BCUT2D eigenvalue weighted by Gasteiger charge is -2.45. The normalized spacial score (nSPS) is 21.5. The van der Waals surface area contributed by atoms with Gasteiger partial charge in [0, 0.05) is 29.5 Å². The molecule has 6 atom stereocenters. The quantitative estimate of drug-likeness (QED) is 0.135. The lowest BCUT2D eigenvalue weighted by molar-refractivity contribution is -0.230. The molecule has 5 aromatic rings. The van der Waals surface area contributed by atoms with Crippen LogP contribution in [0, 0.1) is 24.4 Å². The highest BCUT2D eigenvalue weighted by Crippen LogP contribution is 2.44. The van der Waals surface area contributed by atoms with Gasteiger partial charge in [0.2, 0.25) is 0 Å². The summed E-state index contributed by atoms with van der Waals surface area (Å²) in [6, 6.07) is 9.74. The van der Waals surface area contributed by atoms with Gasteiger partial charge in [0.15, 0.2) is 23.3 Å². The van der Waals surface area contributed by atoms with E-state index in [4.69, 9.17) is 30.9 Å². The number of aliphatic hydroxyl groups is 2. The molecule has 0 amide bonds. The fraction of sp³-hybridized carbons (Fsp3) is 0.324. The van der Waals surface area contributed by atoms with Crippen LogP contribution in [0.5, 0.6) is 5.75 Å². The van der Waals surface area contributed by atoms with Crippen LogP contribution < -0.4 is 4.74 Å². The number of hydrogen-bond acceptors (Lipinski definition) is 8.